The van der Waals surface area contributed by atoms with Crippen LogP contribution in [0.5, 0.6) is 0 Å². The van der Waals surface area contributed by atoms with Gasteiger partial charge in [0, 0.05) is 61.0 Å². The van der Waals surface area contributed by atoms with Crippen LogP contribution in [0, 0.1) is 5.92 Å². The lowest BCUT2D eigenvalue weighted by Gasteiger charge is -2.16. The second-order valence-electron chi connectivity index (χ2n) is 5.38. The predicted octanol–water partition coefficient (Wildman–Crippen LogP) is 1.11. The van der Waals surface area contributed by atoms with E-state index in [0.29, 0.717) is 5.92 Å². The fourth-order valence-electron chi connectivity index (χ4n) is 2.43. The molecule has 1 unspecified atom stereocenters. The Balaban J connectivity index is 2.26. The van der Waals surface area contributed by atoms with E-state index in [0.717, 1.165) is 38.2 Å². The lowest BCUT2D eigenvalue weighted by molar-refractivity contribution is 0.564. The minimum absolute atomic E-state index is 0.604. The van der Waals surface area contributed by atoms with Crippen LogP contribution in [0.3, 0.4) is 0 Å². The minimum Gasteiger partial charge on any atom is -0.331 e. The van der Waals surface area contributed by atoms with Gasteiger partial charge in [-0.3, -0.25) is 4.21 Å². The predicted molar refractivity (Wildman–Crippen MR) is 75.1 cm³/mol. The van der Waals surface area contributed by atoms with Crippen LogP contribution in [0.1, 0.15) is 31.1 Å². The van der Waals surface area contributed by atoms with Gasteiger partial charge in [0.1, 0.15) is 5.82 Å². The molecule has 0 aromatic carbocycles. The van der Waals surface area contributed by atoms with Gasteiger partial charge in [-0.15, -0.1) is 0 Å². The van der Waals surface area contributed by atoms with Gasteiger partial charge in [-0.05, 0) is 5.92 Å². The molecule has 0 bridgehead atoms. The number of fused-ring (bicyclic) bond motifs is 1. The molecule has 5 heteroatoms. The molecule has 0 amide bonds. The maximum absolute atomic E-state index is 11.3. The van der Waals surface area contributed by atoms with Crippen LogP contribution in [0.4, 0.5) is 0 Å². The van der Waals surface area contributed by atoms with Gasteiger partial charge in [-0.2, -0.15) is 0 Å². The third-order valence-corrected chi connectivity index (χ3v) is 4.02. The van der Waals surface area contributed by atoms with E-state index in [9.17, 15) is 4.21 Å². The minimum atomic E-state index is -0.736. The molecule has 0 saturated heterocycles. The molecule has 0 spiro atoms. The van der Waals surface area contributed by atoms with Gasteiger partial charge in [0.2, 0.25) is 0 Å². The van der Waals surface area contributed by atoms with Gasteiger partial charge in [-0.1, -0.05) is 13.8 Å². The monoisotopic (exact) mass is 269 g/mol. The third-order valence-electron chi connectivity index (χ3n) is 3.26. The van der Waals surface area contributed by atoms with E-state index >= 15 is 0 Å². The summed E-state index contributed by atoms with van der Waals surface area (Å²) in [5.74, 6) is 2.50. The zero-order valence-corrected chi connectivity index (χ0v) is 12.3. The number of rotatable bonds is 5. The van der Waals surface area contributed by atoms with E-state index in [1.165, 1.54) is 17.2 Å². The van der Waals surface area contributed by atoms with Gasteiger partial charge in [-0.25, -0.2) is 4.98 Å². The molecule has 0 fully saturated rings. The molecular formula is C13H23N3OS. The van der Waals surface area contributed by atoms with Crippen LogP contribution < -0.4 is 5.32 Å². The Hall–Kier alpha value is -0.680. The Morgan fingerprint density at radius 3 is 2.94 bits per heavy atom. The molecule has 1 aromatic heterocycles. The van der Waals surface area contributed by atoms with Crippen molar-refractivity contribution < 1.29 is 4.21 Å². The maximum atomic E-state index is 11.3. The second-order valence-corrected chi connectivity index (χ2v) is 6.93. The van der Waals surface area contributed by atoms with Crippen LogP contribution >= 0.6 is 0 Å². The van der Waals surface area contributed by atoms with Gasteiger partial charge >= 0.3 is 0 Å². The van der Waals surface area contributed by atoms with Crippen LogP contribution in [0.25, 0.3) is 0 Å². The average Bonchev–Trinajstić information content (AvgIpc) is 2.62. The number of hydrogen-bond donors (Lipinski definition) is 1. The molecule has 1 N–H and O–H groups in total. The first-order valence-electron chi connectivity index (χ1n) is 6.65. The molecule has 1 aliphatic rings. The van der Waals surface area contributed by atoms with Gasteiger partial charge in [0.05, 0.1) is 5.69 Å². The molecule has 102 valence electrons. The highest BCUT2D eigenvalue weighted by molar-refractivity contribution is 7.84. The summed E-state index contributed by atoms with van der Waals surface area (Å²) in [6.45, 7) is 7.17. The van der Waals surface area contributed by atoms with Crippen molar-refractivity contribution in [2.24, 2.45) is 5.92 Å². The summed E-state index contributed by atoms with van der Waals surface area (Å²) < 4.78 is 13.6. The first-order valence-corrected chi connectivity index (χ1v) is 8.38. The summed E-state index contributed by atoms with van der Waals surface area (Å²) in [4.78, 5) is 4.77. The summed E-state index contributed by atoms with van der Waals surface area (Å²) >= 11 is 0. The lowest BCUT2D eigenvalue weighted by Crippen LogP contribution is -2.25. The maximum Gasteiger partial charge on any atom is 0.109 e. The van der Waals surface area contributed by atoms with Crippen LogP contribution in [0.2, 0.25) is 0 Å². The summed E-state index contributed by atoms with van der Waals surface area (Å²) in [6, 6.07) is 0. The lowest BCUT2D eigenvalue weighted by atomic mass is 10.1. The normalized spacial score (nSPS) is 16.9. The average molecular weight is 269 g/mol. The van der Waals surface area contributed by atoms with Crippen molar-refractivity contribution in [1.82, 2.24) is 14.9 Å². The molecule has 4 nitrogen and oxygen atoms in total. The Kier molecular flexibility index (Phi) is 4.56. The topological polar surface area (TPSA) is 46.9 Å². The number of nitrogens with one attached hydrogen (secondary N) is 1. The Morgan fingerprint density at radius 2 is 2.28 bits per heavy atom. The summed E-state index contributed by atoms with van der Waals surface area (Å²) in [6.07, 6.45) is 3.81. The van der Waals surface area contributed by atoms with Crippen molar-refractivity contribution in [3.63, 3.8) is 0 Å². The largest absolute Gasteiger partial charge is 0.331 e. The van der Waals surface area contributed by atoms with E-state index in [1.54, 1.807) is 6.26 Å². The number of nitrogens with zero attached hydrogens (tertiary/aromatic N) is 2. The van der Waals surface area contributed by atoms with Gasteiger partial charge < -0.3 is 9.88 Å². The highest BCUT2D eigenvalue weighted by Gasteiger charge is 2.19. The number of imidazole rings is 1. The van der Waals surface area contributed by atoms with E-state index in [2.05, 4.69) is 23.7 Å². The molecule has 18 heavy (non-hydrogen) atoms. The van der Waals surface area contributed by atoms with E-state index in [4.69, 9.17) is 4.98 Å². The molecule has 0 radical (unpaired) electrons. The zero-order valence-electron chi connectivity index (χ0n) is 11.5. The smallest absolute Gasteiger partial charge is 0.109 e. The molecule has 1 aromatic rings. The third kappa shape index (κ3) is 3.20. The van der Waals surface area contributed by atoms with Crippen molar-refractivity contribution in [1.29, 1.82) is 0 Å². The molecule has 1 atom stereocenters. The zero-order chi connectivity index (χ0) is 13.1. The molecular weight excluding hydrogens is 246 g/mol. The Labute approximate surface area is 112 Å². The van der Waals surface area contributed by atoms with Crippen LogP contribution in [0.15, 0.2) is 0 Å². The van der Waals surface area contributed by atoms with Gasteiger partial charge in [0.25, 0.3) is 0 Å². The summed E-state index contributed by atoms with van der Waals surface area (Å²) in [7, 11) is -0.736. The fraction of sp³-hybridized carbons (Fsp3) is 0.769. The highest BCUT2D eigenvalue weighted by Crippen LogP contribution is 2.18. The van der Waals surface area contributed by atoms with Crippen LogP contribution in [-0.2, 0) is 36.7 Å². The van der Waals surface area contributed by atoms with E-state index in [-0.39, 0.29) is 0 Å². The SMILES string of the molecule is CC(C)Cc1nc2c(n1CCS(C)=O)CCNC2. The van der Waals surface area contributed by atoms with Crippen LogP contribution in [-0.4, -0.2) is 32.3 Å². The Morgan fingerprint density at radius 1 is 1.50 bits per heavy atom. The van der Waals surface area contributed by atoms with E-state index in [1.807, 2.05) is 0 Å². The molecule has 0 aliphatic carbocycles. The number of hydrogen-bond acceptors (Lipinski definition) is 3. The second kappa shape index (κ2) is 5.97. The van der Waals surface area contributed by atoms with Gasteiger partial charge in [0.15, 0.2) is 0 Å². The van der Waals surface area contributed by atoms with E-state index < -0.39 is 10.8 Å². The van der Waals surface area contributed by atoms with Crippen molar-refractivity contribution in [2.45, 2.75) is 39.8 Å². The molecule has 0 saturated carbocycles. The van der Waals surface area contributed by atoms with Crippen molar-refractivity contribution in [3.05, 3.63) is 17.2 Å². The van der Waals surface area contributed by atoms with Crippen molar-refractivity contribution in [2.75, 3.05) is 18.6 Å². The molecule has 2 heterocycles. The fourth-order valence-corrected chi connectivity index (χ4v) is 2.87. The quantitative estimate of drug-likeness (QED) is 0.871. The Bertz CT molecular complexity index is 440. The summed E-state index contributed by atoms with van der Waals surface area (Å²) in [5, 5.41) is 3.36. The summed E-state index contributed by atoms with van der Waals surface area (Å²) in [5.41, 5.74) is 2.55. The van der Waals surface area contributed by atoms with Crippen molar-refractivity contribution in [3.8, 4) is 0 Å². The number of aromatic nitrogens is 2. The standard InChI is InChI=1S/C13H23N3OS/c1-10(2)8-13-15-11-9-14-5-4-12(11)16(13)6-7-18(3)17/h10,14H,4-9H2,1-3H3. The molecule has 1 aliphatic heterocycles. The van der Waals surface area contributed by atoms with Crippen molar-refractivity contribution >= 4 is 10.8 Å². The first kappa shape index (κ1) is 13.7. The first-order chi connectivity index (χ1) is 8.58. The highest BCUT2D eigenvalue weighted by atomic mass is 32.2. The molecule has 2 rings (SSSR count).